The van der Waals surface area contributed by atoms with Gasteiger partial charge in [-0.25, -0.2) is 0 Å². The number of halogens is 1. The molecule has 0 bridgehead atoms. The fraction of sp³-hybridized carbons (Fsp3) is 0.118. The van der Waals surface area contributed by atoms with E-state index < -0.39 is 0 Å². The molecule has 0 aliphatic heterocycles. The van der Waals surface area contributed by atoms with Crippen molar-refractivity contribution in [2.24, 2.45) is 0 Å². The zero-order valence-corrected chi connectivity index (χ0v) is 14.5. The fourth-order valence-electron chi connectivity index (χ4n) is 2.12. The number of nitrogens with zero attached hydrogens (tertiary/aromatic N) is 3. The van der Waals surface area contributed by atoms with Crippen LogP contribution in [0.3, 0.4) is 0 Å². The van der Waals surface area contributed by atoms with Crippen LogP contribution in [0.2, 0.25) is 0 Å². The van der Waals surface area contributed by atoms with Gasteiger partial charge in [0.15, 0.2) is 16.2 Å². The maximum absolute atomic E-state index is 12.1. The van der Waals surface area contributed by atoms with Crippen molar-refractivity contribution in [3.8, 4) is 0 Å². The molecule has 2 aromatic heterocycles. The van der Waals surface area contributed by atoms with Gasteiger partial charge in [0.2, 0.25) is 0 Å². The summed E-state index contributed by atoms with van der Waals surface area (Å²) in [6, 6.07) is 16.3. The SMILES string of the molecule is CN(Cc1ccc(Br)o1)c1ccc(C(=O)Nc2ccccc2)nn1. The van der Waals surface area contributed by atoms with Gasteiger partial charge >= 0.3 is 0 Å². The number of furan rings is 1. The summed E-state index contributed by atoms with van der Waals surface area (Å²) in [5, 5.41) is 10.9. The Morgan fingerprint density at radius 2 is 1.92 bits per heavy atom. The van der Waals surface area contributed by atoms with Crippen molar-refractivity contribution >= 4 is 33.3 Å². The molecule has 6 nitrogen and oxygen atoms in total. The summed E-state index contributed by atoms with van der Waals surface area (Å²) < 4.78 is 6.15. The first-order valence-electron chi connectivity index (χ1n) is 7.27. The number of benzene rings is 1. The highest BCUT2D eigenvalue weighted by Gasteiger charge is 2.11. The highest BCUT2D eigenvalue weighted by Crippen LogP contribution is 2.18. The van der Waals surface area contributed by atoms with Crippen molar-refractivity contribution in [2.75, 3.05) is 17.3 Å². The first-order chi connectivity index (χ1) is 11.6. The highest BCUT2D eigenvalue weighted by molar-refractivity contribution is 9.10. The van der Waals surface area contributed by atoms with E-state index in [0.717, 1.165) is 5.76 Å². The van der Waals surface area contributed by atoms with Crippen LogP contribution >= 0.6 is 15.9 Å². The van der Waals surface area contributed by atoms with Crippen LogP contribution in [0.4, 0.5) is 11.5 Å². The number of hydrogen-bond donors (Lipinski definition) is 1. The van der Waals surface area contributed by atoms with Crippen molar-refractivity contribution in [1.29, 1.82) is 0 Å². The van der Waals surface area contributed by atoms with Gasteiger partial charge in [0.1, 0.15) is 5.76 Å². The van der Waals surface area contributed by atoms with Gasteiger partial charge in [0.05, 0.1) is 6.54 Å². The molecule has 0 saturated carbocycles. The number of anilines is 2. The molecule has 0 unspecified atom stereocenters. The summed E-state index contributed by atoms with van der Waals surface area (Å²) in [5.74, 6) is 1.16. The van der Waals surface area contributed by atoms with Crippen molar-refractivity contribution in [1.82, 2.24) is 10.2 Å². The third-order valence-electron chi connectivity index (χ3n) is 3.33. The summed E-state index contributed by atoms with van der Waals surface area (Å²) in [4.78, 5) is 14.0. The van der Waals surface area contributed by atoms with Crippen LogP contribution in [-0.2, 0) is 6.54 Å². The first kappa shape index (κ1) is 16.2. The van der Waals surface area contributed by atoms with Crippen LogP contribution in [0, 0.1) is 0 Å². The van der Waals surface area contributed by atoms with E-state index in [-0.39, 0.29) is 11.6 Å². The molecule has 122 valence electrons. The minimum Gasteiger partial charge on any atom is -0.452 e. The van der Waals surface area contributed by atoms with Gasteiger partial charge in [-0.05, 0) is 52.3 Å². The van der Waals surface area contributed by atoms with E-state index in [1.807, 2.05) is 54.4 Å². The van der Waals surface area contributed by atoms with Gasteiger partial charge in [-0.2, -0.15) is 0 Å². The topological polar surface area (TPSA) is 71.3 Å². The fourth-order valence-corrected chi connectivity index (χ4v) is 2.46. The molecular formula is C17H15BrN4O2. The first-order valence-corrected chi connectivity index (χ1v) is 8.06. The summed E-state index contributed by atoms with van der Waals surface area (Å²) >= 11 is 3.27. The molecule has 1 amide bonds. The van der Waals surface area contributed by atoms with E-state index in [0.29, 0.717) is 22.7 Å². The van der Waals surface area contributed by atoms with E-state index in [9.17, 15) is 4.79 Å². The van der Waals surface area contributed by atoms with Crippen LogP contribution in [0.5, 0.6) is 0 Å². The van der Waals surface area contributed by atoms with E-state index in [4.69, 9.17) is 4.42 Å². The van der Waals surface area contributed by atoms with Crippen LogP contribution < -0.4 is 10.2 Å². The Kier molecular flexibility index (Phi) is 4.90. The van der Waals surface area contributed by atoms with Gasteiger partial charge < -0.3 is 14.6 Å². The second-order valence-electron chi connectivity index (χ2n) is 5.16. The average molecular weight is 387 g/mol. The Hall–Kier alpha value is -2.67. The molecule has 3 aromatic rings. The summed E-state index contributed by atoms with van der Waals surface area (Å²) in [7, 11) is 1.88. The molecule has 3 rings (SSSR count). The lowest BCUT2D eigenvalue weighted by Crippen LogP contribution is -2.19. The molecular weight excluding hydrogens is 372 g/mol. The zero-order chi connectivity index (χ0) is 16.9. The lowest BCUT2D eigenvalue weighted by atomic mass is 10.3. The quantitative estimate of drug-likeness (QED) is 0.723. The average Bonchev–Trinajstić information content (AvgIpc) is 3.00. The summed E-state index contributed by atoms with van der Waals surface area (Å²) in [6.45, 7) is 0.551. The maximum atomic E-state index is 12.1. The molecule has 1 aromatic carbocycles. The van der Waals surface area contributed by atoms with Crippen LogP contribution in [0.25, 0.3) is 0 Å². The van der Waals surface area contributed by atoms with Crippen molar-refractivity contribution in [3.05, 3.63) is 70.7 Å². The summed E-state index contributed by atoms with van der Waals surface area (Å²) in [5.41, 5.74) is 0.977. The number of carbonyl (C=O) groups is 1. The molecule has 2 heterocycles. The molecule has 1 N–H and O–H groups in total. The van der Waals surface area contributed by atoms with E-state index in [1.165, 1.54) is 0 Å². The summed E-state index contributed by atoms with van der Waals surface area (Å²) in [6.07, 6.45) is 0. The molecule has 0 aliphatic carbocycles. The standard InChI is InChI=1S/C17H15BrN4O2/c1-22(11-13-7-9-15(18)24-13)16-10-8-14(20-21-16)17(23)19-12-5-3-2-4-6-12/h2-10H,11H2,1H3,(H,19,23). The molecule has 0 atom stereocenters. The second kappa shape index (κ2) is 7.27. The van der Waals surface area contributed by atoms with Crippen molar-refractivity contribution in [3.63, 3.8) is 0 Å². The molecule has 7 heteroatoms. The van der Waals surface area contributed by atoms with E-state index >= 15 is 0 Å². The molecule has 0 spiro atoms. The van der Waals surface area contributed by atoms with Crippen LogP contribution in [0.1, 0.15) is 16.2 Å². The Bertz CT molecular complexity index is 818. The van der Waals surface area contributed by atoms with Crippen LogP contribution in [0.15, 0.2) is 63.7 Å². The van der Waals surface area contributed by atoms with E-state index in [1.54, 1.807) is 12.1 Å². The predicted octanol–water partition coefficient (Wildman–Crippen LogP) is 3.72. The number of carbonyl (C=O) groups excluding carboxylic acids is 1. The van der Waals surface area contributed by atoms with Gasteiger partial charge in [-0.3, -0.25) is 4.79 Å². The van der Waals surface area contributed by atoms with Gasteiger partial charge in [-0.15, -0.1) is 10.2 Å². The Labute approximate surface area is 147 Å². The molecule has 0 fully saturated rings. The molecule has 0 radical (unpaired) electrons. The van der Waals surface area contributed by atoms with Crippen molar-refractivity contribution in [2.45, 2.75) is 6.54 Å². The Morgan fingerprint density at radius 3 is 2.54 bits per heavy atom. The normalized spacial score (nSPS) is 10.4. The Morgan fingerprint density at radius 1 is 1.12 bits per heavy atom. The van der Waals surface area contributed by atoms with E-state index in [2.05, 4.69) is 31.4 Å². The number of rotatable bonds is 5. The maximum Gasteiger partial charge on any atom is 0.276 e. The smallest absolute Gasteiger partial charge is 0.276 e. The number of nitrogens with one attached hydrogen (secondary N) is 1. The number of hydrogen-bond acceptors (Lipinski definition) is 5. The predicted molar refractivity (Wildman–Crippen MR) is 94.9 cm³/mol. The van der Waals surface area contributed by atoms with Crippen molar-refractivity contribution < 1.29 is 9.21 Å². The van der Waals surface area contributed by atoms with Gasteiger partial charge in [0, 0.05) is 12.7 Å². The number of aromatic nitrogens is 2. The number of para-hydroxylation sites is 1. The zero-order valence-electron chi connectivity index (χ0n) is 12.9. The van der Waals surface area contributed by atoms with Gasteiger partial charge in [0.25, 0.3) is 5.91 Å². The Balaban J connectivity index is 1.65. The van der Waals surface area contributed by atoms with Crippen LogP contribution in [-0.4, -0.2) is 23.2 Å². The third-order valence-corrected chi connectivity index (χ3v) is 3.75. The molecule has 24 heavy (non-hydrogen) atoms. The lowest BCUT2D eigenvalue weighted by Gasteiger charge is -2.15. The highest BCUT2D eigenvalue weighted by atomic mass is 79.9. The third kappa shape index (κ3) is 3.99. The largest absolute Gasteiger partial charge is 0.452 e. The second-order valence-corrected chi connectivity index (χ2v) is 5.94. The minimum atomic E-state index is -0.294. The lowest BCUT2D eigenvalue weighted by molar-refractivity contribution is 0.102. The molecule has 0 aliphatic rings. The monoisotopic (exact) mass is 386 g/mol. The van der Waals surface area contributed by atoms with Gasteiger partial charge in [-0.1, -0.05) is 18.2 Å². The number of amides is 1. The molecule has 0 saturated heterocycles. The minimum absolute atomic E-state index is 0.261.